The monoisotopic (exact) mass is 534 g/mol. The number of nitrogens with two attached hydrogens (primary N) is 1. The summed E-state index contributed by atoms with van der Waals surface area (Å²) in [5, 5.41) is 20.9. The van der Waals surface area contributed by atoms with Crippen LogP contribution in [0.1, 0.15) is 6.23 Å². The Morgan fingerprint density at radius 3 is 2.47 bits per heavy atom. The minimum absolute atomic E-state index is 0. The van der Waals surface area contributed by atoms with E-state index in [4.69, 9.17) is 18.0 Å². The molecule has 0 aromatic carbocycles. The van der Waals surface area contributed by atoms with E-state index in [1.165, 1.54) is 22.7 Å². The molecule has 159 valence electrons. The van der Waals surface area contributed by atoms with Crippen molar-refractivity contribution in [1.82, 2.24) is 19.5 Å². The molecule has 1 saturated heterocycles. The van der Waals surface area contributed by atoms with Gasteiger partial charge in [0.25, 0.3) is 0 Å². The van der Waals surface area contributed by atoms with Gasteiger partial charge in [0.2, 0.25) is 0 Å². The predicted molar refractivity (Wildman–Crippen MR) is 95.4 cm³/mol. The van der Waals surface area contributed by atoms with Crippen molar-refractivity contribution in [3.63, 3.8) is 0 Å². The molecule has 0 saturated carbocycles. The maximum Gasteiger partial charge on any atom is 1.00 e. The number of anilines is 1. The summed E-state index contributed by atoms with van der Waals surface area (Å²) in [6.07, 6.45) is -2.55. The van der Waals surface area contributed by atoms with E-state index in [-0.39, 0.29) is 106 Å². The van der Waals surface area contributed by atoms with Crippen molar-refractivity contribution >= 4 is 51.6 Å². The average Bonchev–Trinajstić information content (AvgIpc) is 3.13. The van der Waals surface area contributed by atoms with Crippen molar-refractivity contribution < 1.29 is 131 Å². The van der Waals surface area contributed by atoms with Gasteiger partial charge in [0.15, 0.2) is 22.8 Å². The van der Waals surface area contributed by atoms with E-state index in [0.717, 1.165) is 0 Å². The summed E-state index contributed by atoms with van der Waals surface area (Å²) in [5.41, 5.74) is 6.31. The van der Waals surface area contributed by atoms with Crippen LogP contribution in [0.3, 0.4) is 0 Å². The number of fused-ring (bicyclic) bond motifs is 1. The topological polar surface area (TPSA) is 218 Å². The number of aromatic nitrogens is 4. The van der Waals surface area contributed by atoms with Crippen LogP contribution >= 0.6 is 27.1 Å². The van der Waals surface area contributed by atoms with E-state index in [0.29, 0.717) is 5.16 Å². The van der Waals surface area contributed by atoms with Crippen LogP contribution < -0.4 is 104 Å². The van der Waals surface area contributed by atoms with Gasteiger partial charge in [0.05, 0.1) is 28.2 Å². The number of aliphatic hydroxyl groups is 2. The Hall–Kier alpha value is 1.94. The predicted octanol–water partition coefficient (Wildman–Crippen LogP) is -11.1. The Labute approximate surface area is 254 Å². The molecule has 0 aliphatic carbocycles. The van der Waals surface area contributed by atoms with Crippen molar-refractivity contribution in [1.29, 1.82) is 0 Å². The minimum atomic E-state index is -5.67. The molecule has 2 aromatic heterocycles. The summed E-state index contributed by atoms with van der Waals surface area (Å²) in [6.45, 7) is -0.748. The maximum atomic E-state index is 11.7. The van der Waals surface area contributed by atoms with E-state index < -0.39 is 46.4 Å². The van der Waals surface area contributed by atoms with Gasteiger partial charge in [0.1, 0.15) is 23.8 Å². The molecule has 14 nitrogen and oxygen atoms in total. The SMILES string of the molecule is [B-]P(=O)(OC[C@H]1O[C@@H](n2cnc3c(N)nc(SC)nc32)[C@H](O)[C@@H]1O)OP(=O)([O-])[O-].[Na+].[Na+].[Na+]. The molecule has 3 heterocycles. The van der Waals surface area contributed by atoms with Crippen molar-refractivity contribution in [3.05, 3.63) is 6.33 Å². The first-order chi connectivity index (χ1) is 13.4. The van der Waals surface area contributed by atoms with Crippen molar-refractivity contribution in [2.75, 3.05) is 18.6 Å². The second-order valence-corrected chi connectivity index (χ2v) is 9.49. The first kappa shape index (κ1) is 33.9. The molecule has 4 N–H and O–H groups in total. The van der Waals surface area contributed by atoms with Crippen LogP contribution in [-0.2, 0) is 22.7 Å². The van der Waals surface area contributed by atoms with Gasteiger partial charge in [-0.25, -0.2) is 15.0 Å². The summed E-state index contributed by atoms with van der Waals surface area (Å²) in [5.74, 6) is 0.104. The Morgan fingerprint density at radius 2 is 1.91 bits per heavy atom. The van der Waals surface area contributed by atoms with E-state index in [1.807, 2.05) is 0 Å². The molecule has 0 spiro atoms. The zero-order valence-electron chi connectivity index (χ0n) is 17.6. The third kappa shape index (κ3) is 8.24. The zero-order chi connectivity index (χ0) is 21.6. The number of ether oxygens (including phenoxy) is 1. The van der Waals surface area contributed by atoms with Gasteiger partial charge < -0.3 is 56.0 Å². The second kappa shape index (κ2) is 13.5. The molecule has 0 bridgehead atoms. The first-order valence-electron chi connectivity index (χ1n) is 7.74. The molecule has 21 heteroatoms. The molecule has 5 atom stereocenters. The van der Waals surface area contributed by atoms with E-state index >= 15 is 0 Å². The smallest absolute Gasteiger partial charge is 0.790 e. The van der Waals surface area contributed by atoms with Gasteiger partial charge in [-0.3, -0.25) is 4.57 Å². The fraction of sp³-hybridized carbons (Fsp3) is 0.545. The van der Waals surface area contributed by atoms with Crippen molar-refractivity contribution in [2.24, 2.45) is 0 Å². The normalized spacial score (nSPS) is 24.8. The molecule has 3 radical (unpaired) electrons. The van der Waals surface area contributed by atoms with Gasteiger partial charge in [-0.05, 0) is 6.26 Å². The Balaban J connectivity index is 0.00000320. The largest absolute Gasteiger partial charge is 1.00 e. The van der Waals surface area contributed by atoms with E-state index in [1.54, 1.807) is 6.26 Å². The standard InChI is InChI=1S/C11H16BN5O9P2S.3Na/c1-29-11-15-8(13)5-9(16-11)17(3-14-5)10-7(19)6(18)4(25-10)2-24-27(12,20)26-28(21,22)23;;;/h3-4,6-7,10,18-19H,2H2,1H3,(H2,13,15,16)(H2,21,22,23);;;/q-1;3*+1/p-2/t4-,6-,7-,10-,27?;;;/m1.../s1. The third-order valence-corrected chi connectivity index (χ3v) is 6.62. The molecule has 0 amide bonds. The van der Waals surface area contributed by atoms with Gasteiger partial charge in [-0.1, -0.05) is 11.8 Å². The Kier molecular flexibility index (Phi) is 14.3. The van der Waals surface area contributed by atoms with Crippen LogP contribution in [0.4, 0.5) is 5.82 Å². The number of thioether (sulfide) groups is 1. The molecule has 2 aromatic rings. The summed E-state index contributed by atoms with van der Waals surface area (Å²) < 4.78 is 37.3. The molecular weight excluding hydrogens is 520 g/mol. The summed E-state index contributed by atoms with van der Waals surface area (Å²) >= 11 is 1.22. The second-order valence-electron chi connectivity index (χ2n) is 5.83. The quantitative estimate of drug-likeness (QED) is 0.130. The summed E-state index contributed by atoms with van der Waals surface area (Å²) in [7, 11) is -5.44. The van der Waals surface area contributed by atoms with Gasteiger partial charge in [0, 0.05) is 0 Å². The molecular formula is C11H14BN5Na3O9P2S. The number of phosphoric acid groups is 1. The van der Waals surface area contributed by atoms with Crippen LogP contribution in [0.25, 0.3) is 11.2 Å². The molecule has 32 heavy (non-hydrogen) atoms. The van der Waals surface area contributed by atoms with Crippen LogP contribution in [0.5, 0.6) is 0 Å². The number of nitrogens with zero attached hydrogens (tertiary/aromatic N) is 4. The third-order valence-electron chi connectivity index (χ3n) is 3.85. The molecule has 1 unspecified atom stereocenters. The van der Waals surface area contributed by atoms with Gasteiger partial charge in [-0.15, -0.1) is 0 Å². The number of hydrogen-bond donors (Lipinski definition) is 3. The van der Waals surface area contributed by atoms with Crippen molar-refractivity contribution in [2.45, 2.75) is 29.7 Å². The number of hydrogen-bond acceptors (Lipinski definition) is 14. The number of rotatable bonds is 7. The van der Waals surface area contributed by atoms with Crippen LogP contribution in [0.2, 0.25) is 0 Å². The Morgan fingerprint density at radius 1 is 1.28 bits per heavy atom. The Bertz CT molecular complexity index is 1020. The molecule has 1 aliphatic heterocycles. The van der Waals surface area contributed by atoms with Crippen LogP contribution in [-0.4, -0.2) is 68.5 Å². The maximum absolute atomic E-state index is 11.7. The number of nitrogen functional groups attached to an aromatic ring is 1. The fourth-order valence-corrected chi connectivity index (χ4v) is 4.66. The number of imidazole rings is 1. The number of aliphatic hydroxyl groups excluding tert-OH is 2. The van der Waals surface area contributed by atoms with E-state index in [9.17, 15) is 29.1 Å². The summed E-state index contributed by atoms with van der Waals surface area (Å²) in [4.78, 5) is 33.4. The molecule has 1 aliphatic rings. The van der Waals surface area contributed by atoms with Crippen LogP contribution in [0, 0.1) is 0 Å². The van der Waals surface area contributed by atoms with E-state index in [2.05, 4.69) is 23.8 Å². The molecule has 3 rings (SSSR count). The van der Waals surface area contributed by atoms with Gasteiger partial charge >= 0.3 is 88.7 Å². The van der Waals surface area contributed by atoms with Crippen molar-refractivity contribution in [3.8, 4) is 0 Å². The van der Waals surface area contributed by atoms with Gasteiger partial charge in [-0.2, -0.15) is 0 Å². The zero-order valence-corrected chi connectivity index (χ0v) is 26.2. The average molecular weight is 534 g/mol. The van der Waals surface area contributed by atoms with Crippen LogP contribution in [0.15, 0.2) is 11.5 Å². The first-order valence-corrected chi connectivity index (χ1v) is 12.0. The minimum Gasteiger partial charge on any atom is -0.790 e. The molecule has 1 fully saturated rings. The summed E-state index contributed by atoms with van der Waals surface area (Å²) in [6, 6.07) is 0. The fourth-order valence-electron chi connectivity index (χ4n) is 2.63.